The van der Waals surface area contributed by atoms with Crippen molar-refractivity contribution in [1.82, 2.24) is 0 Å². The average molecular weight is 919 g/mol. The molecule has 8 aromatic carbocycles. The van der Waals surface area contributed by atoms with Gasteiger partial charge in [-0.1, -0.05) is 140 Å². The quantitative estimate of drug-likeness (QED) is 0.166. The number of furan rings is 2. The van der Waals surface area contributed by atoms with Gasteiger partial charge >= 0.3 is 0 Å². The van der Waals surface area contributed by atoms with Crippen molar-refractivity contribution in [3.05, 3.63) is 237 Å². The molecular weight excluding hydrogens is 865 g/mol. The number of aryl methyl sites for hydroxylation is 4. The topological polar surface area (TPSA) is 32.8 Å². The molecule has 4 aliphatic rings. The summed E-state index contributed by atoms with van der Waals surface area (Å²) in [5.74, 6) is 0.268. The third-order valence-electron chi connectivity index (χ3n) is 16.3. The molecule has 0 amide bonds. The van der Waals surface area contributed by atoms with Gasteiger partial charge in [0.2, 0.25) is 0 Å². The maximum Gasteiger partial charge on any atom is 0.145 e. The van der Waals surface area contributed by atoms with Crippen LogP contribution in [-0.2, 0) is 5.41 Å². The Morgan fingerprint density at radius 1 is 0.535 bits per heavy atom. The van der Waals surface area contributed by atoms with E-state index in [9.17, 15) is 0 Å². The molecule has 14 rings (SSSR count). The summed E-state index contributed by atoms with van der Waals surface area (Å²) in [5, 5.41) is 4.38. The van der Waals surface area contributed by atoms with Crippen LogP contribution < -0.4 is 9.80 Å². The van der Waals surface area contributed by atoms with Crippen molar-refractivity contribution in [3.63, 3.8) is 0 Å². The number of rotatable bonds is 6. The first-order chi connectivity index (χ1) is 34.7. The van der Waals surface area contributed by atoms with Crippen LogP contribution >= 0.6 is 0 Å². The number of fused-ring (bicyclic) bond motifs is 17. The number of hydrogen-bond acceptors (Lipinski definition) is 4. The monoisotopic (exact) mass is 918 g/mol. The highest BCUT2D eigenvalue weighted by Crippen LogP contribution is 2.68. The zero-order valence-corrected chi connectivity index (χ0v) is 41.2. The molecule has 0 N–H and O–H groups in total. The van der Waals surface area contributed by atoms with Crippen LogP contribution in [0.4, 0.5) is 28.4 Å². The maximum absolute atomic E-state index is 7.51. The second-order valence-electron chi connectivity index (χ2n) is 20.6. The van der Waals surface area contributed by atoms with Gasteiger partial charge in [-0.15, -0.1) is 0 Å². The second kappa shape index (κ2) is 15.5. The molecule has 2 aromatic heterocycles. The van der Waals surface area contributed by atoms with Gasteiger partial charge in [-0.2, -0.15) is 0 Å². The van der Waals surface area contributed by atoms with Crippen LogP contribution in [0, 0.1) is 33.6 Å². The summed E-state index contributed by atoms with van der Waals surface area (Å²) in [6.07, 6.45) is 12.6. The predicted molar refractivity (Wildman–Crippen MR) is 296 cm³/mol. The molecule has 4 heteroatoms. The molecule has 0 fully saturated rings. The Bertz CT molecular complexity index is 4070. The summed E-state index contributed by atoms with van der Waals surface area (Å²) in [4.78, 5) is 5.12. The zero-order chi connectivity index (χ0) is 47.9. The third kappa shape index (κ3) is 5.79. The van der Waals surface area contributed by atoms with Crippen LogP contribution in [-0.4, -0.2) is 0 Å². The lowest BCUT2D eigenvalue weighted by molar-refractivity contribution is 0.662. The molecule has 2 unspecified atom stereocenters. The number of anilines is 5. The molecule has 2 heterocycles. The third-order valence-corrected chi connectivity index (χ3v) is 16.3. The second-order valence-corrected chi connectivity index (χ2v) is 20.6. The standard InChI is InChI=1S/C67H54N2O2/c1-39-31-33-43(5)55(35-39)68(53-27-15-7-19-41(53)3)57-37-51-63(65-61(57)47-23-11-17-29-59(47)70-65)64-52(67(51)49-25-13-9-21-45(49)46-22-10-14-26-50(46)67)38-58(62-48-24-12-18-30-60(48)71-66(62)64)69(54-28-16-8-20-42(54)4)56-36-40(2)32-34-44(56)6/h7-9,11-21,23-33,35-38,44H,10,22,34H2,1-6H3. The number of allylic oxidation sites excluding steroid dienone is 8. The summed E-state index contributed by atoms with van der Waals surface area (Å²) < 4.78 is 15.0. The molecule has 344 valence electrons. The van der Waals surface area contributed by atoms with E-state index in [1.165, 1.54) is 72.6 Å². The lowest BCUT2D eigenvalue weighted by Crippen LogP contribution is -2.28. The van der Waals surface area contributed by atoms with Crippen LogP contribution in [0.25, 0.3) is 60.6 Å². The van der Waals surface area contributed by atoms with E-state index >= 15 is 0 Å². The molecule has 4 aliphatic carbocycles. The van der Waals surface area contributed by atoms with E-state index in [0.717, 1.165) is 97.0 Å². The summed E-state index contributed by atoms with van der Waals surface area (Å²) in [6.45, 7) is 13.6. The SMILES string of the molecule is CC1=CCC(C)C(N(c2ccccc2C)c2cc3c(c4oc5ccccc5c24)-c2c(cc(N(c4ccccc4C)c4cc(C)ccc4C)c4c2oc2ccccc24)C32C3=C(CCC=C3)c3ccccc32)=C1. The fraction of sp³-hybridized carbons (Fsp3) is 0.164. The lowest BCUT2D eigenvalue weighted by atomic mass is 9.68. The Morgan fingerprint density at radius 3 is 1.76 bits per heavy atom. The van der Waals surface area contributed by atoms with Crippen molar-refractivity contribution in [2.45, 2.75) is 66.2 Å². The number of nitrogens with zero attached hydrogens (tertiary/aromatic N) is 2. The summed E-state index contributed by atoms with van der Waals surface area (Å²) in [6, 6.07) is 56.3. The smallest absolute Gasteiger partial charge is 0.145 e. The summed E-state index contributed by atoms with van der Waals surface area (Å²) in [7, 11) is 0. The van der Waals surface area contributed by atoms with Crippen LogP contribution in [0.1, 0.15) is 77.6 Å². The first kappa shape index (κ1) is 41.9. The zero-order valence-electron chi connectivity index (χ0n) is 41.2. The molecule has 1 spiro atoms. The molecule has 4 nitrogen and oxygen atoms in total. The van der Waals surface area contributed by atoms with Crippen molar-refractivity contribution in [2.24, 2.45) is 5.92 Å². The minimum absolute atomic E-state index is 0.268. The minimum atomic E-state index is -0.726. The van der Waals surface area contributed by atoms with E-state index in [1.54, 1.807) is 0 Å². The largest absolute Gasteiger partial charge is 0.455 e. The van der Waals surface area contributed by atoms with Crippen molar-refractivity contribution in [3.8, 4) is 11.1 Å². The fourth-order valence-electron chi connectivity index (χ4n) is 13.0. The van der Waals surface area contributed by atoms with Crippen LogP contribution in [0.5, 0.6) is 0 Å². The first-order valence-corrected chi connectivity index (χ1v) is 25.4. The van der Waals surface area contributed by atoms with E-state index in [2.05, 4.69) is 227 Å². The Labute approximate surface area is 415 Å². The molecular formula is C67H54N2O2. The number of benzene rings is 8. The van der Waals surface area contributed by atoms with Crippen molar-refractivity contribution in [1.29, 1.82) is 0 Å². The van der Waals surface area contributed by atoms with Crippen molar-refractivity contribution >= 4 is 77.9 Å². The molecule has 2 atom stereocenters. The predicted octanol–water partition coefficient (Wildman–Crippen LogP) is 18.6. The van der Waals surface area contributed by atoms with Crippen LogP contribution in [0.3, 0.4) is 0 Å². The molecule has 0 saturated heterocycles. The average Bonchev–Trinajstić information content (AvgIpc) is 4.13. The Morgan fingerprint density at radius 2 is 1.10 bits per heavy atom. The van der Waals surface area contributed by atoms with Gasteiger partial charge in [0.1, 0.15) is 22.3 Å². The molecule has 0 saturated carbocycles. The number of hydrogen-bond donors (Lipinski definition) is 0. The van der Waals surface area contributed by atoms with Crippen LogP contribution in [0.15, 0.2) is 202 Å². The normalized spacial score (nSPS) is 17.8. The van der Waals surface area contributed by atoms with Gasteiger partial charge in [0.05, 0.1) is 27.6 Å². The fourth-order valence-corrected chi connectivity index (χ4v) is 13.0. The van der Waals surface area contributed by atoms with Gasteiger partial charge in [0, 0.05) is 50.6 Å². The Kier molecular flexibility index (Phi) is 9.11. The Balaban J connectivity index is 1.22. The highest BCUT2D eigenvalue weighted by Gasteiger charge is 2.55. The van der Waals surface area contributed by atoms with E-state index in [-0.39, 0.29) is 5.92 Å². The molecule has 0 aliphatic heterocycles. The van der Waals surface area contributed by atoms with Gasteiger partial charge in [-0.3, -0.25) is 0 Å². The van der Waals surface area contributed by atoms with Gasteiger partial charge in [-0.25, -0.2) is 0 Å². The molecule has 0 radical (unpaired) electrons. The van der Waals surface area contributed by atoms with E-state index in [1.807, 2.05) is 0 Å². The summed E-state index contributed by atoms with van der Waals surface area (Å²) in [5.41, 5.74) is 25.9. The summed E-state index contributed by atoms with van der Waals surface area (Å²) >= 11 is 0. The van der Waals surface area contributed by atoms with E-state index in [0.29, 0.717) is 0 Å². The molecule has 10 aromatic rings. The lowest BCUT2D eigenvalue weighted by Gasteiger charge is -2.37. The Hall–Kier alpha value is -8.08. The number of para-hydroxylation sites is 4. The maximum atomic E-state index is 7.51. The first-order valence-electron chi connectivity index (χ1n) is 25.4. The van der Waals surface area contributed by atoms with Gasteiger partial charge < -0.3 is 18.6 Å². The van der Waals surface area contributed by atoms with Gasteiger partial charge in [0.15, 0.2) is 0 Å². The van der Waals surface area contributed by atoms with Gasteiger partial charge in [0.25, 0.3) is 0 Å². The van der Waals surface area contributed by atoms with Gasteiger partial charge in [-0.05, 0) is 158 Å². The highest BCUT2D eigenvalue weighted by molar-refractivity contribution is 6.25. The van der Waals surface area contributed by atoms with E-state index in [4.69, 9.17) is 8.83 Å². The molecule has 71 heavy (non-hydrogen) atoms. The minimum Gasteiger partial charge on any atom is -0.455 e. The van der Waals surface area contributed by atoms with Crippen molar-refractivity contribution < 1.29 is 8.83 Å². The van der Waals surface area contributed by atoms with E-state index < -0.39 is 5.41 Å². The van der Waals surface area contributed by atoms with Crippen LogP contribution in [0.2, 0.25) is 0 Å². The highest BCUT2D eigenvalue weighted by atomic mass is 16.3. The molecule has 0 bridgehead atoms. The van der Waals surface area contributed by atoms with Crippen molar-refractivity contribution in [2.75, 3.05) is 9.80 Å².